The van der Waals surface area contributed by atoms with E-state index in [1.807, 2.05) is 13.8 Å². The Morgan fingerprint density at radius 3 is 2.71 bits per heavy atom. The molecule has 1 aliphatic heterocycles. The monoisotopic (exact) mass is 342 g/mol. The number of hydrogen-bond acceptors (Lipinski definition) is 4. The maximum absolute atomic E-state index is 13.4. The molecule has 24 heavy (non-hydrogen) atoms. The SMILES string of the molecule is COC1CCN(Cc2cc(C(F)(F)F)c3oc(C(C)C)nc3c2)C1. The number of ether oxygens (including phenoxy) is 1. The van der Waals surface area contributed by atoms with Crippen molar-refractivity contribution in [2.24, 2.45) is 0 Å². The van der Waals surface area contributed by atoms with Crippen LogP contribution in [0.15, 0.2) is 16.5 Å². The third-order valence-electron chi connectivity index (χ3n) is 4.33. The van der Waals surface area contributed by atoms with Crippen molar-refractivity contribution < 1.29 is 22.3 Å². The maximum atomic E-state index is 13.4. The van der Waals surface area contributed by atoms with E-state index < -0.39 is 11.7 Å². The molecule has 1 fully saturated rings. The van der Waals surface area contributed by atoms with Gasteiger partial charge >= 0.3 is 6.18 Å². The van der Waals surface area contributed by atoms with Gasteiger partial charge < -0.3 is 9.15 Å². The minimum atomic E-state index is -4.47. The first-order chi connectivity index (χ1) is 11.3. The second-order valence-corrected chi connectivity index (χ2v) is 6.58. The zero-order chi connectivity index (χ0) is 17.5. The number of oxazole rings is 1. The normalized spacial score (nSPS) is 19.7. The molecule has 0 N–H and O–H groups in total. The van der Waals surface area contributed by atoms with Crippen LogP contribution in [0.1, 0.15) is 43.2 Å². The standard InChI is InChI=1S/C17H21F3N2O2/c1-10(2)16-21-14-7-11(8-22-5-4-12(9-22)23-3)6-13(15(14)24-16)17(18,19)20/h6-7,10,12H,4-5,8-9H2,1-3H3. The highest BCUT2D eigenvalue weighted by Gasteiger charge is 2.36. The first kappa shape index (κ1) is 17.2. The van der Waals surface area contributed by atoms with E-state index in [0.717, 1.165) is 19.5 Å². The number of likely N-dealkylation sites (tertiary alicyclic amines) is 1. The van der Waals surface area contributed by atoms with Crippen molar-refractivity contribution in [2.45, 2.75) is 45.0 Å². The van der Waals surface area contributed by atoms with Gasteiger partial charge in [-0.2, -0.15) is 13.2 Å². The number of rotatable bonds is 4. The van der Waals surface area contributed by atoms with Crippen molar-refractivity contribution in [3.05, 3.63) is 29.2 Å². The average Bonchev–Trinajstić information content (AvgIpc) is 3.11. The van der Waals surface area contributed by atoms with Gasteiger partial charge in [0.1, 0.15) is 11.1 Å². The molecule has 1 aromatic heterocycles. The Bertz CT molecular complexity index is 724. The van der Waals surface area contributed by atoms with E-state index in [1.54, 1.807) is 13.2 Å². The van der Waals surface area contributed by atoms with Gasteiger partial charge in [0.25, 0.3) is 0 Å². The largest absolute Gasteiger partial charge is 0.440 e. The summed E-state index contributed by atoms with van der Waals surface area (Å²) in [5, 5.41) is 0. The van der Waals surface area contributed by atoms with E-state index in [0.29, 0.717) is 18.0 Å². The number of benzene rings is 1. The Morgan fingerprint density at radius 1 is 1.38 bits per heavy atom. The van der Waals surface area contributed by atoms with Crippen LogP contribution in [-0.4, -0.2) is 36.2 Å². The number of fused-ring (bicyclic) bond motifs is 1. The van der Waals surface area contributed by atoms with E-state index in [9.17, 15) is 13.2 Å². The minimum Gasteiger partial charge on any atom is -0.440 e. The van der Waals surface area contributed by atoms with E-state index >= 15 is 0 Å². The van der Waals surface area contributed by atoms with Crippen LogP contribution in [0.25, 0.3) is 11.1 Å². The fourth-order valence-corrected chi connectivity index (χ4v) is 3.05. The molecule has 0 aliphatic carbocycles. The van der Waals surface area contributed by atoms with E-state index in [1.165, 1.54) is 6.07 Å². The Morgan fingerprint density at radius 2 is 2.12 bits per heavy atom. The van der Waals surface area contributed by atoms with Crippen molar-refractivity contribution in [2.75, 3.05) is 20.2 Å². The highest BCUT2D eigenvalue weighted by molar-refractivity contribution is 5.78. The molecule has 1 atom stereocenters. The lowest BCUT2D eigenvalue weighted by Crippen LogP contribution is -2.22. The molecule has 0 radical (unpaired) electrons. The second kappa shape index (κ2) is 6.37. The molecule has 1 aromatic carbocycles. The summed E-state index contributed by atoms with van der Waals surface area (Å²) in [6.07, 6.45) is -3.43. The van der Waals surface area contributed by atoms with Crippen molar-refractivity contribution in [3.8, 4) is 0 Å². The Labute approximate surface area is 138 Å². The van der Waals surface area contributed by atoms with Crippen LogP contribution in [0, 0.1) is 0 Å². The van der Waals surface area contributed by atoms with Gasteiger partial charge in [0, 0.05) is 32.7 Å². The molecule has 1 saturated heterocycles. The molecule has 3 rings (SSSR count). The number of hydrogen-bond donors (Lipinski definition) is 0. The van der Waals surface area contributed by atoms with Gasteiger partial charge in [-0.1, -0.05) is 13.8 Å². The number of alkyl halides is 3. The molecule has 132 valence electrons. The smallest absolute Gasteiger partial charge is 0.420 e. The summed E-state index contributed by atoms with van der Waals surface area (Å²) in [4.78, 5) is 6.34. The van der Waals surface area contributed by atoms with Crippen LogP contribution < -0.4 is 0 Å². The predicted molar refractivity (Wildman–Crippen MR) is 83.8 cm³/mol. The summed E-state index contributed by atoms with van der Waals surface area (Å²) < 4.78 is 50.9. The summed E-state index contributed by atoms with van der Waals surface area (Å²) in [7, 11) is 1.66. The van der Waals surface area contributed by atoms with Crippen LogP contribution >= 0.6 is 0 Å². The molecule has 2 aromatic rings. The summed E-state index contributed by atoms with van der Waals surface area (Å²) in [6, 6.07) is 2.87. The highest BCUT2D eigenvalue weighted by Crippen LogP contribution is 2.37. The number of halogens is 3. The lowest BCUT2D eigenvalue weighted by Gasteiger charge is -2.17. The molecule has 2 heterocycles. The van der Waals surface area contributed by atoms with E-state index in [2.05, 4.69) is 9.88 Å². The van der Waals surface area contributed by atoms with Crippen molar-refractivity contribution in [3.63, 3.8) is 0 Å². The van der Waals surface area contributed by atoms with Crippen LogP contribution in [0.4, 0.5) is 13.2 Å². The van der Waals surface area contributed by atoms with Gasteiger partial charge in [0.2, 0.25) is 0 Å². The number of nitrogens with zero attached hydrogens (tertiary/aromatic N) is 2. The number of aromatic nitrogens is 1. The Kier molecular flexibility index (Phi) is 4.57. The lowest BCUT2D eigenvalue weighted by atomic mass is 10.1. The second-order valence-electron chi connectivity index (χ2n) is 6.58. The van der Waals surface area contributed by atoms with Crippen molar-refractivity contribution in [1.82, 2.24) is 9.88 Å². The van der Waals surface area contributed by atoms with Gasteiger partial charge in [-0.05, 0) is 24.1 Å². The van der Waals surface area contributed by atoms with E-state index in [-0.39, 0.29) is 23.1 Å². The van der Waals surface area contributed by atoms with Crippen LogP contribution in [0.3, 0.4) is 0 Å². The summed E-state index contributed by atoms with van der Waals surface area (Å²) in [5.41, 5.74) is -0.0655. The number of methoxy groups -OCH3 is 1. The zero-order valence-corrected chi connectivity index (χ0v) is 14.0. The molecular weight excluding hydrogens is 321 g/mol. The van der Waals surface area contributed by atoms with E-state index in [4.69, 9.17) is 9.15 Å². The Balaban J connectivity index is 1.97. The first-order valence-electron chi connectivity index (χ1n) is 8.03. The summed E-state index contributed by atoms with van der Waals surface area (Å²) >= 11 is 0. The first-order valence-corrected chi connectivity index (χ1v) is 8.03. The third-order valence-corrected chi connectivity index (χ3v) is 4.33. The Hall–Kier alpha value is -1.60. The minimum absolute atomic E-state index is 0.0667. The third kappa shape index (κ3) is 3.42. The molecule has 0 amide bonds. The van der Waals surface area contributed by atoms with Crippen LogP contribution in [-0.2, 0) is 17.5 Å². The van der Waals surface area contributed by atoms with Gasteiger partial charge in [-0.3, -0.25) is 4.90 Å². The van der Waals surface area contributed by atoms with Gasteiger partial charge in [-0.15, -0.1) is 0 Å². The van der Waals surface area contributed by atoms with Crippen LogP contribution in [0.2, 0.25) is 0 Å². The van der Waals surface area contributed by atoms with Crippen molar-refractivity contribution >= 4 is 11.1 Å². The van der Waals surface area contributed by atoms with Crippen molar-refractivity contribution in [1.29, 1.82) is 0 Å². The summed E-state index contributed by atoms with van der Waals surface area (Å²) in [5.74, 6) is 0.260. The molecular formula is C17H21F3N2O2. The molecule has 0 bridgehead atoms. The summed E-state index contributed by atoms with van der Waals surface area (Å²) in [6.45, 7) is 5.67. The molecule has 1 unspecified atom stereocenters. The fraction of sp³-hybridized carbons (Fsp3) is 0.588. The molecule has 0 saturated carbocycles. The molecule has 0 spiro atoms. The molecule has 7 heteroatoms. The fourth-order valence-electron chi connectivity index (χ4n) is 3.05. The quantitative estimate of drug-likeness (QED) is 0.835. The van der Waals surface area contributed by atoms with Gasteiger partial charge in [-0.25, -0.2) is 4.98 Å². The zero-order valence-electron chi connectivity index (χ0n) is 14.0. The molecule has 1 aliphatic rings. The van der Waals surface area contributed by atoms with Crippen LogP contribution in [0.5, 0.6) is 0 Å². The average molecular weight is 342 g/mol. The highest BCUT2D eigenvalue weighted by atomic mass is 19.4. The maximum Gasteiger partial charge on any atom is 0.420 e. The molecule has 4 nitrogen and oxygen atoms in total. The predicted octanol–water partition coefficient (Wildman–Crippen LogP) is 4.19. The van der Waals surface area contributed by atoms with Gasteiger partial charge in [0.05, 0.1) is 6.10 Å². The topological polar surface area (TPSA) is 38.5 Å². The lowest BCUT2D eigenvalue weighted by molar-refractivity contribution is -0.136. The van der Waals surface area contributed by atoms with Gasteiger partial charge in [0.15, 0.2) is 11.5 Å².